The Morgan fingerprint density at radius 1 is 1.12 bits per heavy atom. The second kappa shape index (κ2) is 10.1. The zero-order chi connectivity index (χ0) is 12.4. The molecule has 0 spiro atoms. The van der Waals surface area contributed by atoms with E-state index < -0.39 is 12.2 Å². The Kier molecular flexibility index (Phi) is 10.0. The molecule has 0 heterocycles. The predicted octanol–water partition coefficient (Wildman–Crippen LogP) is 2.19. The van der Waals surface area contributed by atoms with E-state index in [4.69, 9.17) is 0 Å². The van der Waals surface area contributed by atoms with Gasteiger partial charge in [0.15, 0.2) is 0 Å². The highest BCUT2D eigenvalue weighted by Crippen LogP contribution is 2.26. The van der Waals surface area contributed by atoms with Gasteiger partial charge in [-0.2, -0.15) is 0 Å². The molecule has 0 amide bonds. The normalized spacial score (nSPS) is 19.8. The molecule has 2 N–H and O–H groups in total. The van der Waals surface area contributed by atoms with Crippen molar-refractivity contribution in [3.05, 3.63) is 0 Å². The van der Waals surface area contributed by atoms with Gasteiger partial charge in [-0.3, -0.25) is 0 Å². The van der Waals surface area contributed by atoms with Crippen LogP contribution in [0.4, 0.5) is 0 Å². The van der Waals surface area contributed by atoms with E-state index in [9.17, 15) is 10.2 Å². The Hall–Kier alpha value is -0.0900. The van der Waals surface area contributed by atoms with Gasteiger partial charge in [-0.15, -0.1) is 9.24 Å². The average Bonchev–Trinajstić information content (AvgIpc) is 2.38. The zero-order valence-electron chi connectivity index (χ0n) is 10.4. The molecule has 1 aliphatic rings. The molecule has 0 aromatic rings. The lowest BCUT2D eigenvalue weighted by Crippen LogP contribution is -2.21. The first-order valence-corrected chi connectivity index (χ1v) is 7.13. The summed E-state index contributed by atoms with van der Waals surface area (Å²) in [6, 6.07) is 0. The van der Waals surface area contributed by atoms with E-state index in [1.165, 1.54) is 19.3 Å². The van der Waals surface area contributed by atoms with Crippen molar-refractivity contribution in [3.8, 4) is 11.8 Å². The van der Waals surface area contributed by atoms with Crippen molar-refractivity contribution in [1.82, 2.24) is 0 Å². The molecule has 0 aromatic heterocycles. The molecule has 3 unspecified atom stereocenters. The summed E-state index contributed by atoms with van der Waals surface area (Å²) in [5.41, 5.74) is 0. The molecule has 0 aromatic carbocycles. The zero-order valence-corrected chi connectivity index (χ0v) is 11.6. The van der Waals surface area contributed by atoms with E-state index in [1.54, 1.807) is 0 Å². The molecular formula is C13H25O2P. The highest BCUT2D eigenvalue weighted by Gasteiger charge is 2.19. The molecule has 1 saturated carbocycles. The fourth-order valence-electron chi connectivity index (χ4n) is 1.81. The Morgan fingerprint density at radius 2 is 1.69 bits per heavy atom. The first-order chi connectivity index (χ1) is 7.74. The van der Waals surface area contributed by atoms with Crippen LogP contribution < -0.4 is 0 Å². The van der Waals surface area contributed by atoms with Gasteiger partial charge in [-0.05, 0) is 24.9 Å². The van der Waals surface area contributed by atoms with Gasteiger partial charge >= 0.3 is 0 Å². The standard InChI is InChI=1S/C11H19O2P.C2H6/c12-10(8-14)6-7-11(13)9-4-2-1-3-5-9;1-2/h9-13H,1-5,8,14H2;1-2H3. The first kappa shape index (κ1) is 15.9. The van der Waals surface area contributed by atoms with E-state index in [0.29, 0.717) is 12.1 Å². The first-order valence-electron chi connectivity index (χ1n) is 6.31. The van der Waals surface area contributed by atoms with Crippen molar-refractivity contribution in [1.29, 1.82) is 0 Å². The molecule has 3 atom stereocenters. The monoisotopic (exact) mass is 244 g/mol. The van der Waals surface area contributed by atoms with Gasteiger partial charge in [0, 0.05) is 0 Å². The van der Waals surface area contributed by atoms with Crippen molar-refractivity contribution in [2.45, 2.75) is 58.2 Å². The van der Waals surface area contributed by atoms with Crippen LogP contribution in [0.3, 0.4) is 0 Å². The summed E-state index contributed by atoms with van der Waals surface area (Å²) < 4.78 is 0. The van der Waals surface area contributed by atoms with E-state index in [-0.39, 0.29) is 0 Å². The van der Waals surface area contributed by atoms with E-state index in [1.807, 2.05) is 13.8 Å². The van der Waals surface area contributed by atoms with Crippen LogP contribution in [0.15, 0.2) is 0 Å². The largest absolute Gasteiger partial charge is 0.380 e. The molecule has 1 rings (SSSR count). The van der Waals surface area contributed by atoms with Gasteiger partial charge in [0.2, 0.25) is 0 Å². The maximum absolute atomic E-state index is 9.73. The lowest BCUT2D eigenvalue weighted by Gasteiger charge is -2.23. The van der Waals surface area contributed by atoms with Gasteiger partial charge in [0.05, 0.1) is 0 Å². The van der Waals surface area contributed by atoms with Gasteiger partial charge in [-0.1, -0.05) is 45.0 Å². The SMILES string of the molecule is CC.OC(C#CC(O)C1CCCCC1)CP. The summed E-state index contributed by atoms with van der Waals surface area (Å²) in [4.78, 5) is 0. The van der Waals surface area contributed by atoms with Crippen molar-refractivity contribution in [2.24, 2.45) is 5.92 Å². The minimum atomic E-state index is -0.613. The van der Waals surface area contributed by atoms with Crippen molar-refractivity contribution in [3.63, 3.8) is 0 Å². The molecule has 16 heavy (non-hydrogen) atoms. The Balaban J connectivity index is 0.00000106. The number of aliphatic hydroxyl groups is 2. The molecule has 0 aliphatic heterocycles. The third kappa shape index (κ3) is 6.48. The summed E-state index contributed by atoms with van der Waals surface area (Å²) in [7, 11) is 2.43. The quantitative estimate of drug-likeness (QED) is 0.577. The van der Waals surface area contributed by atoms with Crippen molar-refractivity contribution >= 4 is 9.24 Å². The van der Waals surface area contributed by atoms with Crippen LogP contribution in [0.1, 0.15) is 46.0 Å². The third-order valence-corrected chi connectivity index (χ3v) is 3.16. The maximum atomic E-state index is 9.73. The van der Waals surface area contributed by atoms with Crippen LogP contribution in [0, 0.1) is 17.8 Å². The Labute approximate surface area is 102 Å². The second-order valence-electron chi connectivity index (χ2n) is 3.88. The van der Waals surface area contributed by atoms with Gasteiger partial charge in [-0.25, -0.2) is 0 Å². The number of hydrogen-bond donors (Lipinski definition) is 2. The molecule has 0 saturated heterocycles. The molecule has 3 heteroatoms. The van der Waals surface area contributed by atoms with Gasteiger partial charge in [0.25, 0.3) is 0 Å². The van der Waals surface area contributed by atoms with E-state index in [2.05, 4.69) is 21.1 Å². The van der Waals surface area contributed by atoms with Gasteiger partial charge < -0.3 is 10.2 Å². The van der Waals surface area contributed by atoms with Crippen LogP contribution in [0.2, 0.25) is 0 Å². The van der Waals surface area contributed by atoms with Crippen molar-refractivity contribution < 1.29 is 10.2 Å². The Bertz CT molecular complexity index is 214. The van der Waals surface area contributed by atoms with Gasteiger partial charge in [0.1, 0.15) is 12.2 Å². The molecule has 0 bridgehead atoms. The molecule has 0 radical (unpaired) electrons. The Morgan fingerprint density at radius 3 is 2.19 bits per heavy atom. The fraction of sp³-hybridized carbons (Fsp3) is 0.846. The minimum absolute atomic E-state index is 0.327. The van der Waals surface area contributed by atoms with Crippen LogP contribution >= 0.6 is 9.24 Å². The molecule has 94 valence electrons. The van der Waals surface area contributed by atoms with Crippen LogP contribution in [0.25, 0.3) is 0 Å². The lowest BCUT2D eigenvalue weighted by atomic mass is 9.85. The maximum Gasteiger partial charge on any atom is 0.118 e. The summed E-state index contributed by atoms with van der Waals surface area (Å²) >= 11 is 0. The summed E-state index contributed by atoms with van der Waals surface area (Å²) in [6.45, 7) is 4.00. The average molecular weight is 244 g/mol. The van der Waals surface area contributed by atoms with Crippen LogP contribution in [-0.2, 0) is 0 Å². The molecular weight excluding hydrogens is 219 g/mol. The highest BCUT2D eigenvalue weighted by molar-refractivity contribution is 7.16. The molecule has 1 aliphatic carbocycles. The molecule has 2 nitrogen and oxygen atoms in total. The third-order valence-electron chi connectivity index (χ3n) is 2.72. The van der Waals surface area contributed by atoms with Crippen LogP contribution in [0.5, 0.6) is 0 Å². The minimum Gasteiger partial charge on any atom is -0.380 e. The van der Waals surface area contributed by atoms with Crippen LogP contribution in [-0.4, -0.2) is 28.6 Å². The summed E-state index contributed by atoms with van der Waals surface area (Å²) in [6.07, 6.45) is 5.24. The second-order valence-corrected chi connectivity index (χ2v) is 4.35. The predicted molar refractivity (Wildman–Crippen MR) is 72.3 cm³/mol. The number of hydrogen-bond acceptors (Lipinski definition) is 2. The van der Waals surface area contributed by atoms with E-state index in [0.717, 1.165) is 12.8 Å². The lowest BCUT2D eigenvalue weighted by molar-refractivity contribution is 0.132. The highest BCUT2D eigenvalue weighted by atomic mass is 31.0. The topological polar surface area (TPSA) is 40.5 Å². The molecule has 1 fully saturated rings. The fourth-order valence-corrected chi connectivity index (χ4v) is 1.93. The number of rotatable bonds is 2. The smallest absolute Gasteiger partial charge is 0.118 e. The number of aliphatic hydroxyl groups excluding tert-OH is 2. The van der Waals surface area contributed by atoms with E-state index >= 15 is 0 Å². The summed E-state index contributed by atoms with van der Waals surface area (Å²) in [5, 5.41) is 18.9. The van der Waals surface area contributed by atoms with Crippen molar-refractivity contribution in [2.75, 3.05) is 6.16 Å². The summed E-state index contributed by atoms with van der Waals surface area (Å²) in [5.74, 6) is 5.74.